The number of carbonyl (C=O) groups excluding carboxylic acids is 2. The van der Waals surface area contributed by atoms with Crippen molar-refractivity contribution in [2.45, 2.75) is 94.7 Å². The Morgan fingerprint density at radius 3 is 2.27 bits per heavy atom. The molecule has 0 saturated heterocycles. The van der Waals surface area contributed by atoms with E-state index in [2.05, 4.69) is 30.8 Å². The second-order valence-corrected chi connectivity index (χ2v) is 11.6. The predicted molar refractivity (Wildman–Crippen MR) is 140 cm³/mol. The van der Waals surface area contributed by atoms with Crippen molar-refractivity contribution >= 4 is 17.5 Å². The molecule has 0 spiro atoms. The summed E-state index contributed by atoms with van der Waals surface area (Å²) in [6.45, 7) is -0.546. The topological polar surface area (TPSA) is 119 Å². The molecule has 5 rings (SSSR count). The summed E-state index contributed by atoms with van der Waals surface area (Å²) < 4.78 is 106. The fraction of sp³-hybridized carbons (Fsp3) is 0.630. The Hall–Kier alpha value is -3.86. The molecule has 2 saturated carbocycles. The van der Waals surface area contributed by atoms with Crippen LogP contribution in [0.2, 0.25) is 0 Å². The zero-order valence-electron chi connectivity index (χ0n) is 23.7. The molecule has 3 heterocycles. The van der Waals surface area contributed by atoms with E-state index in [1.54, 1.807) is 6.07 Å². The van der Waals surface area contributed by atoms with Gasteiger partial charge in [0.1, 0.15) is 6.33 Å². The lowest BCUT2D eigenvalue weighted by Crippen LogP contribution is -2.37. The highest BCUT2D eigenvalue weighted by molar-refractivity contribution is 5.90. The van der Waals surface area contributed by atoms with Gasteiger partial charge in [-0.05, 0) is 49.1 Å². The van der Waals surface area contributed by atoms with Crippen molar-refractivity contribution < 1.29 is 44.7 Å². The van der Waals surface area contributed by atoms with E-state index >= 15 is 0 Å². The van der Waals surface area contributed by atoms with Crippen molar-refractivity contribution in [3.63, 3.8) is 0 Å². The van der Waals surface area contributed by atoms with Crippen LogP contribution in [-0.4, -0.2) is 59.5 Å². The first kappa shape index (κ1) is 32.5. The lowest BCUT2D eigenvalue weighted by atomic mass is 9.81. The molecule has 2 aliphatic rings. The molecule has 0 unspecified atom stereocenters. The second kappa shape index (κ2) is 12.5. The van der Waals surface area contributed by atoms with E-state index in [9.17, 15) is 44.7 Å². The summed E-state index contributed by atoms with van der Waals surface area (Å²) in [5.41, 5.74) is 1.08. The molecule has 2 atom stereocenters. The molecule has 2 aliphatic carbocycles. The van der Waals surface area contributed by atoms with Crippen LogP contribution in [0.1, 0.15) is 91.7 Å². The third-order valence-corrected chi connectivity index (χ3v) is 7.97. The molecule has 0 radical (unpaired) electrons. The predicted octanol–water partition coefficient (Wildman–Crippen LogP) is 5.48. The minimum Gasteiger partial charge on any atom is -0.349 e. The highest BCUT2D eigenvalue weighted by Gasteiger charge is 2.40. The van der Waals surface area contributed by atoms with Crippen LogP contribution < -0.4 is 10.6 Å². The van der Waals surface area contributed by atoms with Gasteiger partial charge in [-0.2, -0.15) is 31.4 Å². The van der Waals surface area contributed by atoms with Gasteiger partial charge in [0.25, 0.3) is 5.91 Å². The maximum atomic E-state index is 14.0. The monoisotopic (exact) mass is 650 g/mol. The number of alkyl halides is 8. The Bertz CT molecular complexity index is 1500. The van der Waals surface area contributed by atoms with E-state index in [0.717, 1.165) is 23.9 Å². The summed E-state index contributed by atoms with van der Waals surface area (Å²) in [5, 5.41) is 13.5. The molecule has 3 aromatic heterocycles. The first-order valence-electron chi connectivity index (χ1n) is 14.4. The van der Waals surface area contributed by atoms with E-state index in [-0.39, 0.29) is 30.1 Å². The third kappa shape index (κ3) is 8.87. The maximum absolute atomic E-state index is 14.0. The van der Waals surface area contributed by atoms with Gasteiger partial charge in [-0.15, -0.1) is 5.10 Å². The smallest absolute Gasteiger partial charge is 0.349 e. The zero-order valence-corrected chi connectivity index (χ0v) is 23.7. The zero-order chi connectivity index (χ0) is 32.6. The molecule has 45 heavy (non-hydrogen) atoms. The maximum Gasteiger partial charge on any atom is 0.390 e. The van der Waals surface area contributed by atoms with E-state index in [1.165, 1.54) is 16.9 Å². The van der Waals surface area contributed by atoms with E-state index in [4.69, 9.17) is 0 Å². The largest absolute Gasteiger partial charge is 0.390 e. The summed E-state index contributed by atoms with van der Waals surface area (Å²) >= 11 is 0. The molecule has 0 aliphatic heterocycles. The van der Waals surface area contributed by atoms with Gasteiger partial charge in [-0.1, -0.05) is 0 Å². The number of imidazole rings is 1. The molecule has 0 bridgehead atoms. The van der Waals surface area contributed by atoms with Crippen LogP contribution in [0.5, 0.6) is 0 Å². The average molecular weight is 651 g/mol. The molecular formula is C27H30F8N8O2. The lowest BCUT2D eigenvalue weighted by molar-refractivity contribution is -0.144. The van der Waals surface area contributed by atoms with Crippen molar-refractivity contribution in [3.8, 4) is 0 Å². The summed E-state index contributed by atoms with van der Waals surface area (Å²) in [6, 6.07) is 0.126. The number of nitrogens with zero attached hydrogens (tertiary/aromatic N) is 6. The number of hydrogen-bond donors (Lipinski definition) is 2. The van der Waals surface area contributed by atoms with Crippen LogP contribution in [0.25, 0.3) is 5.65 Å². The van der Waals surface area contributed by atoms with Gasteiger partial charge in [0.2, 0.25) is 17.7 Å². The van der Waals surface area contributed by atoms with Crippen LogP contribution in [0.4, 0.5) is 35.1 Å². The first-order chi connectivity index (χ1) is 21.1. The van der Waals surface area contributed by atoms with Gasteiger partial charge in [-0.25, -0.2) is 23.3 Å². The van der Waals surface area contributed by atoms with Gasteiger partial charge in [0.15, 0.2) is 5.65 Å². The van der Waals surface area contributed by atoms with Crippen molar-refractivity contribution in [2.24, 2.45) is 11.8 Å². The minimum absolute atomic E-state index is 0.0119. The summed E-state index contributed by atoms with van der Waals surface area (Å²) in [6.07, 6.45) is -7.31. The Kier molecular flexibility index (Phi) is 9.04. The molecule has 2 fully saturated rings. The summed E-state index contributed by atoms with van der Waals surface area (Å²) in [5.74, 6) is -5.30. The Morgan fingerprint density at radius 2 is 1.62 bits per heavy atom. The highest BCUT2D eigenvalue weighted by Crippen LogP contribution is 2.43. The Morgan fingerprint density at radius 1 is 0.956 bits per heavy atom. The Labute approximate surface area is 251 Å². The number of fused-ring (bicyclic) bond motifs is 1. The van der Waals surface area contributed by atoms with Gasteiger partial charge in [0.05, 0.1) is 49.6 Å². The van der Waals surface area contributed by atoms with Crippen LogP contribution in [-0.2, 0) is 11.3 Å². The summed E-state index contributed by atoms with van der Waals surface area (Å²) in [7, 11) is 0. The second-order valence-electron chi connectivity index (χ2n) is 11.6. The Balaban J connectivity index is 1.36. The minimum atomic E-state index is -4.47. The molecule has 246 valence electrons. The normalized spacial score (nSPS) is 18.9. The van der Waals surface area contributed by atoms with Gasteiger partial charge in [-0.3, -0.25) is 14.3 Å². The van der Waals surface area contributed by atoms with Crippen molar-refractivity contribution in [3.05, 3.63) is 41.9 Å². The molecule has 2 N–H and O–H groups in total. The van der Waals surface area contributed by atoms with Crippen molar-refractivity contribution in [1.82, 2.24) is 40.0 Å². The van der Waals surface area contributed by atoms with Gasteiger partial charge < -0.3 is 10.6 Å². The highest BCUT2D eigenvalue weighted by atomic mass is 19.4. The number of amides is 2. The molecule has 10 nitrogen and oxygen atoms in total. The number of aromatic nitrogens is 6. The molecule has 2 amide bonds. The number of aryl methyl sites for hydroxylation is 1. The SMILES string of the molecule is O=C(CCC(F)(F)F)N[C@@H](c1cnn2cc([C@@H](NC(=O)c3ncn(CCC(F)(F)F)n3)C3CCC(F)(F)CC3)nc2c1)C1CC1. The van der Waals surface area contributed by atoms with E-state index < -0.39 is 92.6 Å². The van der Waals surface area contributed by atoms with E-state index in [0.29, 0.717) is 5.56 Å². The lowest BCUT2D eigenvalue weighted by Gasteiger charge is -2.33. The molecule has 0 aromatic carbocycles. The summed E-state index contributed by atoms with van der Waals surface area (Å²) in [4.78, 5) is 33.7. The first-order valence-corrected chi connectivity index (χ1v) is 14.4. The molecular weight excluding hydrogens is 620 g/mol. The van der Waals surface area contributed by atoms with E-state index in [1.807, 2.05) is 0 Å². The number of rotatable bonds is 11. The van der Waals surface area contributed by atoms with Gasteiger partial charge >= 0.3 is 12.4 Å². The van der Waals surface area contributed by atoms with Crippen molar-refractivity contribution in [2.75, 3.05) is 0 Å². The van der Waals surface area contributed by atoms with Crippen LogP contribution in [0.3, 0.4) is 0 Å². The quantitative estimate of drug-likeness (QED) is 0.266. The fourth-order valence-electron chi connectivity index (χ4n) is 5.42. The number of nitrogens with one attached hydrogen (secondary N) is 2. The fourth-order valence-corrected chi connectivity index (χ4v) is 5.42. The number of halogens is 8. The molecule has 3 aromatic rings. The number of hydrogen-bond acceptors (Lipinski definition) is 6. The molecule has 18 heteroatoms. The van der Waals surface area contributed by atoms with Crippen LogP contribution in [0.15, 0.2) is 24.8 Å². The van der Waals surface area contributed by atoms with Crippen molar-refractivity contribution in [1.29, 1.82) is 0 Å². The van der Waals surface area contributed by atoms with Crippen LogP contribution in [0, 0.1) is 11.8 Å². The standard InChI is InChI=1S/C27H30F8N8O2/c28-25(29)6-3-16(4-7-25)22(40-24(45)23-36-14-42(41-23)10-9-27(33,34)35)18-13-43-19(38-18)11-17(12-37-43)21(15-1-2-15)39-20(44)5-8-26(30,31)32/h11-16,21-22H,1-10H2,(H,39,44)(H,40,45)/t21-,22+/m1/s1. The van der Waals surface area contributed by atoms with Crippen LogP contribution >= 0.6 is 0 Å². The van der Waals surface area contributed by atoms with Gasteiger partial charge in [0, 0.05) is 19.3 Å². The average Bonchev–Trinajstić information content (AvgIpc) is 3.52. The number of carbonyl (C=O) groups is 2. The third-order valence-electron chi connectivity index (χ3n) is 7.97.